The van der Waals surface area contributed by atoms with Gasteiger partial charge in [0.1, 0.15) is 11.3 Å². The van der Waals surface area contributed by atoms with Gasteiger partial charge in [-0.3, -0.25) is 4.68 Å². The number of nitrogens with zero attached hydrogens (tertiary/aromatic N) is 6. The fourth-order valence-corrected chi connectivity index (χ4v) is 3.49. The van der Waals surface area contributed by atoms with E-state index in [2.05, 4.69) is 30.9 Å². The topological polar surface area (TPSA) is 61.4 Å². The molecule has 22 heavy (non-hydrogen) atoms. The van der Waals surface area contributed by atoms with E-state index in [-0.39, 0.29) is 5.28 Å². The molecule has 0 unspecified atom stereocenters. The van der Waals surface area contributed by atoms with Crippen molar-refractivity contribution < 1.29 is 0 Å². The molecule has 0 aliphatic heterocycles. The van der Waals surface area contributed by atoms with Crippen LogP contribution in [0.1, 0.15) is 38.1 Å². The molecule has 1 fully saturated rings. The summed E-state index contributed by atoms with van der Waals surface area (Å²) in [5, 5.41) is 9.61. The van der Waals surface area contributed by atoms with E-state index in [9.17, 15) is 0 Å². The van der Waals surface area contributed by atoms with Gasteiger partial charge in [-0.1, -0.05) is 24.5 Å². The first-order chi connectivity index (χ1) is 10.7. The molecule has 0 amide bonds. The molecular formula is C15H17ClN6. The summed E-state index contributed by atoms with van der Waals surface area (Å²) in [7, 11) is 1.88. The van der Waals surface area contributed by atoms with Gasteiger partial charge in [-0.15, -0.1) is 5.10 Å². The van der Waals surface area contributed by atoms with E-state index in [1.165, 1.54) is 32.1 Å². The van der Waals surface area contributed by atoms with Crippen molar-refractivity contribution in [3.8, 4) is 11.4 Å². The average molecular weight is 317 g/mol. The van der Waals surface area contributed by atoms with Crippen molar-refractivity contribution in [3.63, 3.8) is 0 Å². The molecule has 1 saturated carbocycles. The Hall–Kier alpha value is -1.95. The van der Waals surface area contributed by atoms with Crippen LogP contribution in [0.4, 0.5) is 0 Å². The van der Waals surface area contributed by atoms with Crippen LogP contribution in [-0.2, 0) is 7.05 Å². The highest BCUT2D eigenvalue weighted by molar-refractivity contribution is 6.28. The Labute approximate surface area is 133 Å². The lowest BCUT2D eigenvalue weighted by atomic mass is 9.95. The molecule has 0 aromatic carbocycles. The smallest absolute Gasteiger partial charge is 0.224 e. The minimum Gasteiger partial charge on any atom is -0.321 e. The first-order valence-corrected chi connectivity index (χ1v) is 8.00. The maximum absolute atomic E-state index is 6.02. The number of fused-ring (bicyclic) bond motifs is 1. The Kier molecular flexibility index (Phi) is 3.33. The molecule has 4 rings (SSSR count). The van der Waals surface area contributed by atoms with Crippen LogP contribution in [0.5, 0.6) is 0 Å². The van der Waals surface area contributed by atoms with E-state index < -0.39 is 0 Å². The van der Waals surface area contributed by atoms with E-state index in [0.29, 0.717) is 6.04 Å². The summed E-state index contributed by atoms with van der Waals surface area (Å²) < 4.78 is 4.00. The van der Waals surface area contributed by atoms with E-state index in [4.69, 9.17) is 11.6 Å². The molecular weight excluding hydrogens is 300 g/mol. The van der Waals surface area contributed by atoms with Crippen molar-refractivity contribution in [2.24, 2.45) is 7.05 Å². The number of rotatable bonds is 2. The van der Waals surface area contributed by atoms with E-state index >= 15 is 0 Å². The highest BCUT2D eigenvalue weighted by Gasteiger charge is 2.23. The lowest BCUT2D eigenvalue weighted by molar-refractivity contribution is 0.362. The first-order valence-electron chi connectivity index (χ1n) is 7.62. The number of halogens is 1. The van der Waals surface area contributed by atoms with Crippen LogP contribution in [0.15, 0.2) is 18.5 Å². The molecule has 0 bridgehead atoms. The second kappa shape index (κ2) is 5.35. The average Bonchev–Trinajstić information content (AvgIpc) is 3.11. The predicted molar refractivity (Wildman–Crippen MR) is 84.7 cm³/mol. The fraction of sp³-hybridized carbons (Fsp3) is 0.467. The highest BCUT2D eigenvalue weighted by Crippen LogP contribution is 2.36. The van der Waals surface area contributed by atoms with Crippen LogP contribution in [0, 0.1) is 0 Å². The zero-order valence-electron chi connectivity index (χ0n) is 12.4. The van der Waals surface area contributed by atoms with E-state index in [1.807, 2.05) is 13.2 Å². The lowest BCUT2D eigenvalue weighted by Crippen LogP contribution is -2.14. The minimum atomic E-state index is 0.286. The van der Waals surface area contributed by atoms with Gasteiger partial charge in [0.05, 0.1) is 11.9 Å². The van der Waals surface area contributed by atoms with Gasteiger partial charge in [0.25, 0.3) is 0 Å². The fourth-order valence-electron chi connectivity index (χ4n) is 3.36. The van der Waals surface area contributed by atoms with Gasteiger partial charge in [-0.2, -0.15) is 4.98 Å². The van der Waals surface area contributed by atoms with Crippen molar-refractivity contribution in [2.75, 3.05) is 0 Å². The molecule has 0 saturated heterocycles. The van der Waals surface area contributed by atoms with Crippen LogP contribution in [-0.4, -0.2) is 29.5 Å². The van der Waals surface area contributed by atoms with Gasteiger partial charge < -0.3 is 4.57 Å². The third-order valence-corrected chi connectivity index (χ3v) is 4.53. The molecule has 3 heterocycles. The molecule has 7 heteroatoms. The predicted octanol–water partition coefficient (Wildman–Crippen LogP) is 3.39. The summed E-state index contributed by atoms with van der Waals surface area (Å²) in [5.74, 6) is 0. The monoisotopic (exact) mass is 316 g/mol. The summed E-state index contributed by atoms with van der Waals surface area (Å²) in [6.45, 7) is 0. The van der Waals surface area contributed by atoms with Gasteiger partial charge in [0.15, 0.2) is 0 Å². The molecule has 114 valence electrons. The Bertz CT molecular complexity index is 815. The van der Waals surface area contributed by atoms with Crippen LogP contribution < -0.4 is 0 Å². The summed E-state index contributed by atoms with van der Waals surface area (Å²) in [4.78, 5) is 8.57. The number of hydrogen-bond donors (Lipinski definition) is 0. The first kappa shape index (κ1) is 13.7. The van der Waals surface area contributed by atoms with Crippen LogP contribution in [0.25, 0.3) is 22.4 Å². The largest absolute Gasteiger partial charge is 0.321 e. The second-order valence-electron chi connectivity index (χ2n) is 5.89. The molecule has 0 radical (unpaired) electrons. The van der Waals surface area contributed by atoms with Gasteiger partial charge >= 0.3 is 0 Å². The van der Waals surface area contributed by atoms with Crippen molar-refractivity contribution in [1.29, 1.82) is 0 Å². The lowest BCUT2D eigenvalue weighted by Gasteiger charge is -2.25. The Balaban J connectivity index is 1.94. The Morgan fingerprint density at radius 1 is 1.23 bits per heavy atom. The third kappa shape index (κ3) is 2.27. The van der Waals surface area contributed by atoms with Crippen molar-refractivity contribution in [1.82, 2.24) is 29.5 Å². The zero-order valence-corrected chi connectivity index (χ0v) is 13.2. The van der Waals surface area contributed by atoms with Gasteiger partial charge in [-0.25, -0.2) is 4.98 Å². The molecule has 0 atom stereocenters. The number of aryl methyl sites for hydroxylation is 1. The van der Waals surface area contributed by atoms with E-state index in [0.717, 1.165) is 22.4 Å². The van der Waals surface area contributed by atoms with Crippen LogP contribution in [0.3, 0.4) is 0 Å². The standard InChI is InChI=1S/C15H17ClN6/c1-21-9-12(19-20-21)13-7-10-8-17-15(16)18-14(10)22(13)11-5-3-2-4-6-11/h7-9,11H,2-6H2,1H3. The normalized spacial score (nSPS) is 16.5. The highest BCUT2D eigenvalue weighted by atomic mass is 35.5. The molecule has 6 nitrogen and oxygen atoms in total. The maximum Gasteiger partial charge on any atom is 0.224 e. The van der Waals surface area contributed by atoms with Crippen molar-refractivity contribution >= 4 is 22.6 Å². The van der Waals surface area contributed by atoms with E-state index in [1.54, 1.807) is 10.9 Å². The molecule has 3 aromatic rings. The molecule has 3 aromatic heterocycles. The maximum atomic E-state index is 6.02. The van der Waals surface area contributed by atoms with Gasteiger partial charge in [-0.05, 0) is 30.5 Å². The SMILES string of the molecule is Cn1cc(-c2cc3cnc(Cl)nc3n2C2CCCCC2)nn1. The molecule has 1 aliphatic rings. The molecule has 0 N–H and O–H groups in total. The number of hydrogen-bond acceptors (Lipinski definition) is 4. The van der Waals surface area contributed by atoms with Gasteiger partial charge in [0.2, 0.25) is 5.28 Å². The Morgan fingerprint density at radius 3 is 2.77 bits per heavy atom. The van der Waals surface area contributed by atoms with Gasteiger partial charge in [0, 0.05) is 24.7 Å². The summed E-state index contributed by atoms with van der Waals surface area (Å²) in [5.41, 5.74) is 2.81. The van der Waals surface area contributed by atoms with Crippen molar-refractivity contribution in [3.05, 3.63) is 23.7 Å². The summed E-state index contributed by atoms with van der Waals surface area (Å²) in [6.07, 6.45) is 9.86. The summed E-state index contributed by atoms with van der Waals surface area (Å²) in [6, 6.07) is 2.53. The summed E-state index contributed by atoms with van der Waals surface area (Å²) >= 11 is 6.02. The minimum absolute atomic E-state index is 0.286. The quantitative estimate of drug-likeness (QED) is 0.680. The van der Waals surface area contributed by atoms with Crippen LogP contribution in [0.2, 0.25) is 5.28 Å². The Morgan fingerprint density at radius 2 is 2.05 bits per heavy atom. The molecule has 0 spiro atoms. The third-order valence-electron chi connectivity index (χ3n) is 4.35. The molecule has 1 aliphatic carbocycles. The van der Waals surface area contributed by atoms with Crippen LogP contribution >= 0.6 is 11.6 Å². The zero-order chi connectivity index (χ0) is 15.1. The second-order valence-corrected chi connectivity index (χ2v) is 6.22. The van der Waals surface area contributed by atoms with Crippen molar-refractivity contribution in [2.45, 2.75) is 38.1 Å². The number of aromatic nitrogens is 6.